The predicted molar refractivity (Wildman–Crippen MR) is 53.2 cm³/mol. The summed E-state index contributed by atoms with van der Waals surface area (Å²) in [7, 11) is 1.80. The zero-order valence-electron chi connectivity index (χ0n) is 7.68. The van der Waals surface area contributed by atoms with Gasteiger partial charge >= 0.3 is 0 Å². The Morgan fingerprint density at radius 3 is 2.69 bits per heavy atom. The summed E-state index contributed by atoms with van der Waals surface area (Å²) in [6, 6.07) is 7.31. The molecule has 1 aromatic rings. The molecule has 0 radical (unpaired) electrons. The highest BCUT2D eigenvalue weighted by Crippen LogP contribution is 2.16. The number of rotatable bonds is 2. The lowest BCUT2D eigenvalue weighted by atomic mass is 10.1. The lowest BCUT2D eigenvalue weighted by Crippen LogP contribution is -2.00. The summed E-state index contributed by atoms with van der Waals surface area (Å²) in [5.74, 6) is 0. The van der Waals surface area contributed by atoms with Crippen molar-refractivity contribution in [3.63, 3.8) is 0 Å². The largest absolute Gasteiger partial charge is 0.388 e. The van der Waals surface area contributed by atoms with Crippen molar-refractivity contribution in [2.45, 2.75) is 6.92 Å². The molecular formula is C10H11N3. The quantitative estimate of drug-likeness (QED) is 0.672. The molecule has 1 rings (SSSR count). The average Bonchev–Trinajstić information content (AvgIpc) is 2.16. The minimum absolute atomic E-state index is 0.460. The van der Waals surface area contributed by atoms with Crippen molar-refractivity contribution < 1.29 is 0 Å². The standard InChI is InChI=1S/C10H11N3/c1-7(12)9-5-8(6-11)3-4-10(9)13-2/h3-5,12-13H,1-2H3. The fourth-order valence-corrected chi connectivity index (χ4v) is 1.14. The third kappa shape index (κ3) is 1.85. The number of hydrogen-bond acceptors (Lipinski definition) is 3. The molecule has 3 heteroatoms. The normalized spacial score (nSPS) is 9.00. The number of nitrogens with one attached hydrogen (secondary N) is 2. The number of nitriles is 1. The van der Waals surface area contributed by atoms with Crippen LogP contribution in [0.2, 0.25) is 0 Å². The summed E-state index contributed by atoms with van der Waals surface area (Å²) in [6.07, 6.45) is 0. The Balaban J connectivity index is 3.28. The molecule has 0 heterocycles. The second-order valence-electron chi connectivity index (χ2n) is 2.75. The molecule has 3 nitrogen and oxygen atoms in total. The van der Waals surface area contributed by atoms with E-state index in [1.54, 1.807) is 26.1 Å². The first-order valence-electron chi connectivity index (χ1n) is 3.96. The maximum Gasteiger partial charge on any atom is 0.0991 e. The number of benzene rings is 1. The Bertz CT molecular complexity index is 374. The summed E-state index contributed by atoms with van der Waals surface area (Å²) in [4.78, 5) is 0. The molecule has 0 atom stereocenters. The van der Waals surface area contributed by atoms with Crippen LogP contribution in [0.25, 0.3) is 0 Å². The minimum atomic E-state index is 0.460. The van der Waals surface area contributed by atoms with Crippen molar-refractivity contribution in [3.05, 3.63) is 29.3 Å². The van der Waals surface area contributed by atoms with Crippen molar-refractivity contribution in [3.8, 4) is 6.07 Å². The van der Waals surface area contributed by atoms with Gasteiger partial charge in [0.2, 0.25) is 0 Å². The molecule has 0 saturated heterocycles. The molecule has 0 aliphatic rings. The fourth-order valence-electron chi connectivity index (χ4n) is 1.14. The molecule has 1 aromatic carbocycles. The van der Waals surface area contributed by atoms with Crippen LogP contribution in [0.1, 0.15) is 18.1 Å². The van der Waals surface area contributed by atoms with Crippen LogP contribution in [-0.4, -0.2) is 12.8 Å². The maximum atomic E-state index is 8.67. The van der Waals surface area contributed by atoms with Gasteiger partial charge < -0.3 is 10.7 Å². The van der Waals surface area contributed by atoms with Crippen molar-refractivity contribution in [2.24, 2.45) is 0 Å². The smallest absolute Gasteiger partial charge is 0.0991 e. The van der Waals surface area contributed by atoms with Gasteiger partial charge in [0.05, 0.1) is 11.6 Å². The second kappa shape index (κ2) is 3.72. The van der Waals surface area contributed by atoms with Gasteiger partial charge in [-0.2, -0.15) is 5.26 Å². The highest BCUT2D eigenvalue weighted by Gasteiger charge is 2.03. The number of nitrogens with zero attached hydrogens (tertiary/aromatic N) is 1. The van der Waals surface area contributed by atoms with E-state index in [2.05, 4.69) is 5.32 Å². The van der Waals surface area contributed by atoms with Gasteiger partial charge in [0.1, 0.15) is 0 Å². The van der Waals surface area contributed by atoms with Crippen molar-refractivity contribution in [2.75, 3.05) is 12.4 Å². The van der Waals surface area contributed by atoms with Crippen LogP contribution >= 0.6 is 0 Å². The minimum Gasteiger partial charge on any atom is -0.388 e. The van der Waals surface area contributed by atoms with Crippen LogP contribution in [0.4, 0.5) is 5.69 Å². The van der Waals surface area contributed by atoms with Gasteiger partial charge in [-0.25, -0.2) is 0 Å². The van der Waals surface area contributed by atoms with E-state index >= 15 is 0 Å². The van der Waals surface area contributed by atoms with Crippen LogP contribution in [0, 0.1) is 16.7 Å². The highest BCUT2D eigenvalue weighted by molar-refractivity contribution is 6.01. The van der Waals surface area contributed by atoms with Crippen molar-refractivity contribution >= 4 is 11.4 Å². The van der Waals surface area contributed by atoms with Gasteiger partial charge in [0, 0.05) is 24.0 Å². The third-order valence-electron chi connectivity index (χ3n) is 1.82. The monoisotopic (exact) mass is 173 g/mol. The van der Waals surface area contributed by atoms with E-state index in [9.17, 15) is 0 Å². The Labute approximate surface area is 77.5 Å². The third-order valence-corrected chi connectivity index (χ3v) is 1.82. The SMILES string of the molecule is CNc1ccc(C#N)cc1C(C)=N. The van der Waals surface area contributed by atoms with Crippen LogP contribution < -0.4 is 5.32 Å². The molecule has 0 amide bonds. The molecule has 0 aliphatic carbocycles. The lowest BCUT2D eigenvalue weighted by molar-refractivity contribution is 1.41. The highest BCUT2D eigenvalue weighted by atomic mass is 14.8. The zero-order chi connectivity index (χ0) is 9.84. The van der Waals surface area contributed by atoms with Gasteiger partial charge in [-0.15, -0.1) is 0 Å². The van der Waals surface area contributed by atoms with Gasteiger partial charge in [-0.05, 0) is 25.1 Å². The van der Waals surface area contributed by atoms with Gasteiger partial charge in [0.25, 0.3) is 0 Å². The molecule has 0 aromatic heterocycles. The summed E-state index contributed by atoms with van der Waals surface area (Å²) in [5, 5.41) is 19.1. The van der Waals surface area contributed by atoms with Gasteiger partial charge in [0.15, 0.2) is 0 Å². The average molecular weight is 173 g/mol. The molecule has 0 bridgehead atoms. The van der Waals surface area contributed by atoms with E-state index in [0.717, 1.165) is 11.3 Å². The van der Waals surface area contributed by atoms with Crippen LogP contribution in [-0.2, 0) is 0 Å². The zero-order valence-corrected chi connectivity index (χ0v) is 7.68. The topological polar surface area (TPSA) is 59.7 Å². The summed E-state index contributed by atoms with van der Waals surface area (Å²) >= 11 is 0. The first-order valence-corrected chi connectivity index (χ1v) is 3.96. The summed E-state index contributed by atoms with van der Waals surface area (Å²) < 4.78 is 0. The molecule has 0 spiro atoms. The van der Waals surface area contributed by atoms with Crippen LogP contribution in [0.15, 0.2) is 18.2 Å². The van der Waals surface area contributed by atoms with Crippen molar-refractivity contribution in [1.29, 1.82) is 10.7 Å². The Hall–Kier alpha value is -1.82. The van der Waals surface area contributed by atoms with Gasteiger partial charge in [-0.3, -0.25) is 0 Å². The predicted octanol–water partition coefficient (Wildman–Crippen LogP) is 1.99. The Morgan fingerprint density at radius 1 is 1.54 bits per heavy atom. The Morgan fingerprint density at radius 2 is 2.23 bits per heavy atom. The summed E-state index contributed by atoms with van der Waals surface area (Å²) in [6.45, 7) is 1.71. The van der Waals surface area contributed by atoms with Crippen LogP contribution in [0.3, 0.4) is 0 Å². The lowest BCUT2D eigenvalue weighted by Gasteiger charge is -2.07. The van der Waals surface area contributed by atoms with Crippen LogP contribution in [0.5, 0.6) is 0 Å². The molecular weight excluding hydrogens is 162 g/mol. The molecule has 66 valence electrons. The molecule has 2 N–H and O–H groups in total. The van der Waals surface area contributed by atoms with Gasteiger partial charge in [-0.1, -0.05) is 0 Å². The molecule has 0 saturated carbocycles. The van der Waals surface area contributed by atoms with E-state index < -0.39 is 0 Å². The van der Waals surface area contributed by atoms with E-state index in [-0.39, 0.29) is 0 Å². The molecule has 0 unspecified atom stereocenters. The number of anilines is 1. The fraction of sp³-hybridized carbons (Fsp3) is 0.200. The van der Waals surface area contributed by atoms with E-state index in [1.165, 1.54) is 0 Å². The second-order valence-corrected chi connectivity index (χ2v) is 2.75. The first kappa shape index (κ1) is 9.27. The summed E-state index contributed by atoms with van der Waals surface area (Å²) in [5.41, 5.74) is 2.70. The number of hydrogen-bond donors (Lipinski definition) is 2. The molecule has 0 aliphatic heterocycles. The maximum absolute atomic E-state index is 8.67. The Kier molecular flexibility index (Phi) is 2.65. The van der Waals surface area contributed by atoms with E-state index in [4.69, 9.17) is 10.7 Å². The molecule has 13 heavy (non-hydrogen) atoms. The van der Waals surface area contributed by atoms with E-state index in [1.807, 2.05) is 12.1 Å². The molecule has 0 fully saturated rings. The van der Waals surface area contributed by atoms with Crippen molar-refractivity contribution in [1.82, 2.24) is 0 Å². The van der Waals surface area contributed by atoms with E-state index in [0.29, 0.717) is 11.3 Å². The first-order chi connectivity index (χ1) is 6.19.